The first-order chi connectivity index (χ1) is 7.63. The molecule has 0 aromatic carbocycles. The number of aliphatic hydroxyl groups excluding tert-OH is 1. The number of amides is 1. The summed E-state index contributed by atoms with van der Waals surface area (Å²) in [6.07, 6.45) is 3.60. The van der Waals surface area contributed by atoms with Gasteiger partial charge in [-0.3, -0.25) is 4.79 Å². The fourth-order valence-electron chi connectivity index (χ4n) is 1.73. The Kier molecular flexibility index (Phi) is 5.77. The smallest absolute Gasteiger partial charge is 0.222 e. The second-order valence-corrected chi connectivity index (χ2v) is 4.69. The molecule has 4 heteroatoms. The number of hydrogen-bond donors (Lipinski definition) is 2. The lowest BCUT2D eigenvalue weighted by Gasteiger charge is -2.17. The van der Waals surface area contributed by atoms with Crippen molar-refractivity contribution in [3.8, 4) is 0 Å². The molecular formula is C12H23NO3. The van der Waals surface area contributed by atoms with Crippen molar-refractivity contribution in [2.75, 3.05) is 13.2 Å². The van der Waals surface area contributed by atoms with Crippen molar-refractivity contribution >= 4 is 5.91 Å². The molecule has 16 heavy (non-hydrogen) atoms. The van der Waals surface area contributed by atoms with Crippen LogP contribution in [0.3, 0.4) is 0 Å². The third-order valence-electron chi connectivity index (χ3n) is 2.76. The Hall–Kier alpha value is -0.610. The molecule has 0 saturated heterocycles. The first-order valence-electron chi connectivity index (χ1n) is 6.15. The van der Waals surface area contributed by atoms with Gasteiger partial charge in [0, 0.05) is 19.1 Å². The Labute approximate surface area is 97.4 Å². The SMILES string of the molecule is CC(C)OCCC(=O)NC(CCO)C1CC1. The Morgan fingerprint density at radius 3 is 2.69 bits per heavy atom. The van der Waals surface area contributed by atoms with Gasteiger partial charge in [-0.15, -0.1) is 0 Å². The molecule has 1 saturated carbocycles. The van der Waals surface area contributed by atoms with Crippen LogP contribution in [0.15, 0.2) is 0 Å². The number of aliphatic hydroxyl groups is 1. The Morgan fingerprint density at radius 2 is 2.19 bits per heavy atom. The largest absolute Gasteiger partial charge is 0.396 e. The van der Waals surface area contributed by atoms with Crippen molar-refractivity contribution in [1.82, 2.24) is 5.32 Å². The highest BCUT2D eigenvalue weighted by atomic mass is 16.5. The quantitative estimate of drug-likeness (QED) is 0.655. The topological polar surface area (TPSA) is 58.6 Å². The molecule has 0 heterocycles. The van der Waals surface area contributed by atoms with Gasteiger partial charge in [0.1, 0.15) is 0 Å². The van der Waals surface area contributed by atoms with E-state index in [1.54, 1.807) is 0 Å². The summed E-state index contributed by atoms with van der Waals surface area (Å²) in [7, 11) is 0. The summed E-state index contributed by atoms with van der Waals surface area (Å²) < 4.78 is 5.32. The molecule has 0 aliphatic heterocycles. The van der Waals surface area contributed by atoms with Crippen LogP contribution in [0.25, 0.3) is 0 Å². The summed E-state index contributed by atoms with van der Waals surface area (Å²) in [5.74, 6) is 0.619. The average molecular weight is 229 g/mol. The standard InChI is InChI=1S/C12H23NO3/c1-9(2)16-8-6-12(15)13-11(5-7-14)10-3-4-10/h9-11,14H,3-8H2,1-2H3,(H,13,15). The molecule has 2 N–H and O–H groups in total. The summed E-state index contributed by atoms with van der Waals surface area (Å²) in [5, 5.41) is 11.9. The van der Waals surface area contributed by atoms with Gasteiger partial charge in [-0.05, 0) is 39.0 Å². The number of carbonyl (C=O) groups excluding carboxylic acids is 1. The van der Waals surface area contributed by atoms with Crippen LogP contribution < -0.4 is 5.32 Å². The van der Waals surface area contributed by atoms with Crippen LogP contribution in [0.1, 0.15) is 39.5 Å². The van der Waals surface area contributed by atoms with Gasteiger partial charge in [0.15, 0.2) is 0 Å². The van der Waals surface area contributed by atoms with Crippen molar-refractivity contribution in [2.45, 2.75) is 51.7 Å². The second-order valence-electron chi connectivity index (χ2n) is 4.69. The van der Waals surface area contributed by atoms with Gasteiger partial charge in [0.2, 0.25) is 5.91 Å². The van der Waals surface area contributed by atoms with Gasteiger partial charge < -0.3 is 15.2 Å². The van der Waals surface area contributed by atoms with E-state index in [0.29, 0.717) is 25.4 Å². The Morgan fingerprint density at radius 1 is 1.50 bits per heavy atom. The van der Waals surface area contributed by atoms with Crippen molar-refractivity contribution in [3.63, 3.8) is 0 Å². The van der Waals surface area contributed by atoms with Crippen LogP contribution in [0, 0.1) is 5.92 Å². The van der Waals surface area contributed by atoms with E-state index >= 15 is 0 Å². The monoisotopic (exact) mass is 229 g/mol. The molecule has 1 fully saturated rings. The zero-order valence-corrected chi connectivity index (χ0v) is 10.2. The fourth-order valence-corrected chi connectivity index (χ4v) is 1.73. The summed E-state index contributed by atoms with van der Waals surface area (Å²) in [5.41, 5.74) is 0. The van der Waals surface area contributed by atoms with E-state index in [1.807, 2.05) is 13.8 Å². The maximum absolute atomic E-state index is 11.6. The van der Waals surface area contributed by atoms with E-state index in [1.165, 1.54) is 12.8 Å². The fraction of sp³-hybridized carbons (Fsp3) is 0.917. The summed E-state index contributed by atoms with van der Waals surface area (Å²) >= 11 is 0. The molecule has 1 unspecified atom stereocenters. The van der Waals surface area contributed by atoms with Gasteiger partial charge in [-0.2, -0.15) is 0 Å². The van der Waals surface area contributed by atoms with Gasteiger partial charge in [0.05, 0.1) is 12.7 Å². The normalized spacial score (nSPS) is 17.5. The van der Waals surface area contributed by atoms with Crippen LogP contribution >= 0.6 is 0 Å². The lowest BCUT2D eigenvalue weighted by atomic mass is 10.1. The highest BCUT2D eigenvalue weighted by molar-refractivity contribution is 5.76. The first kappa shape index (κ1) is 13.5. The van der Waals surface area contributed by atoms with E-state index in [4.69, 9.17) is 9.84 Å². The summed E-state index contributed by atoms with van der Waals surface area (Å²) in [6.45, 7) is 4.53. The molecule has 0 aromatic rings. The number of hydrogen-bond acceptors (Lipinski definition) is 3. The minimum atomic E-state index is 0.0333. The van der Waals surface area contributed by atoms with Gasteiger partial charge in [-0.25, -0.2) is 0 Å². The van der Waals surface area contributed by atoms with Gasteiger partial charge >= 0.3 is 0 Å². The highest BCUT2D eigenvalue weighted by Crippen LogP contribution is 2.33. The van der Waals surface area contributed by atoms with Crippen molar-refractivity contribution in [3.05, 3.63) is 0 Å². The van der Waals surface area contributed by atoms with E-state index in [-0.39, 0.29) is 24.7 Å². The maximum atomic E-state index is 11.6. The maximum Gasteiger partial charge on any atom is 0.222 e. The van der Waals surface area contributed by atoms with Gasteiger partial charge in [-0.1, -0.05) is 0 Å². The average Bonchev–Trinajstić information content (AvgIpc) is 2.99. The third-order valence-corrected chi connectivity index (χ3v) is 2.76. The van der Waals surface area contributed by atoms with Crippen LogP contribution in [0.5, 0.6) is 0 Å². The first-order valence-corrected chi connectivity index (χ1v) is 6.15. The molecule has 1 aliphatic rings. The number of nitrogens with one attached hydrogen (secondary N) is 1. The van der Waals surface area contributed by atoms with Crippen molar-refractivity contribution < 1.29 is 14.6 Å². The minimum absolute atomic E-state index is 0.0333. The predicted molar refractivity (Wildman–Crippen MR) is 62.1 cm³/mol. The molecule has 1 atom stereocenters. The van der Waals surface area contributed by atoms with Crippen molar-refractivity contribution in [2.24, 2.45) is 5.92 Å². The van der Waals surface area contributed by atoms with Crippen LogP contribution in [0.2, 0.25) is 0 Å². The zero-order valence-electron chi connectivity index (χ0n) is 10.2. The van der Waals surface area contributed by atoms with E-state index in [9.17, 15) is 4.79 Å². The zero-order chi connectivity index (χ0) is 12.0. The Bertz CT molecular complexity index is 214. The molecule has 1 aliphatic carbocycles. The number of ether oxygens (including phenoxy) is 1. The molecule has 1 rings (SSSR count). The number of carbonyl (C=O) groups is 1. The third kappa shape index (κ3) is 5.47. The molecule has 94 valence electrons. The molecule has 1 amide bonds. The lowest BCUT2D eigenvalue weighted by Crippen LogP contribution is -2.37. The van der Waals surface area contributed by atoms with Gasteiger partial charge in [0.25, 0.3) is 0 Å². The molecule has 0 bridgehead atoms. The minimum Gasteiger partial charge on any atom is -0.396 e. The van der Waals surface area contributed by atoms with Crippen LogP contribution in [0.4, 0.5) is 0 Å². The molecule has 4 nitrogen and oxygen atoms in total. The van der Waals surface area contributed by atoms with Crippen molar-refractivity contribution in [1.29, 1.82) is 0 Å². The Balaban J connectivity index is 2.15. The summed E-state index contributed by atoms with van der Waals surface area (Å²) in [6, 6.07) is 0.163. The molecule has 0 radical (unpaired) electrons. The van der Waals surface area contributed by atoms with E-state index in [2.05, 4.69) is 5.32 Å². The second kappa shape index (κ2) is 6.86. The van der Waals surface area contributed by atoms with Crippen LogP contribution in [-0.4, -0.2) is 36.4 Å². The number of rotatable bonds is 8. The summed E-state index contributed by atoms with van der Waals surface area (Å²) in [4.78, 5) is 11.6. The molecule has 0 spiro atoms. The van der Waals surface area contributed by atoms with E-state index in [0.717, 1.165) is 0 Å². The molecular weight excluding hydrogens is 206 g/mol. The highest BCUT2D eigenvalue weighted by Gasteiger charge is 2.31. The molecule has 0 aromatic heterocycles. The van der Waals surface area contributed by atoms with Crippen LogP contribution in [-0.2, 0) is 9.53 Å². The van der Waals surface area contributed by atoms with E-state index < -0.39 is 0 Å². The lowest BCUT2D eigenvalue weighted by molar-refractivity contribution is -0.123. The predicted octanol–water partition coefficient (Wildman–Crippen LogP) is 1.08.